The first-order valence-corrected chi connectivity index (χ1v) is 8.47. The molecule has 0 radical (unpaired) electrons. The predicted octanol–water partition coefficient (Wildman–Crippen LogP) is 3.02. The van der Waals surface area contributed by atoms with Crippen LogP contribution >= 0.6 is 0 Å². The summed E-state index contributed by atoms with van der Waals surface area (Å²) < 4.78 is 4.78. The van der Waals surface area contributed by atoms with Gasteiger partial charge in [-0.2, -0.15) is 0 Å². The zero-order valence-corrected chi connectivity index (χ0v) is 15.3. The number of benzene rings is 2. The summed E-state index contributed by atoms with van der Waals surface area (Å²) in [6.07, 6.45) is 4.00. The lowest BCUT2D eigenvalue weighted by molar-refractivity contribution is -0.142. The maximum atomic E-state index is 12.4. The summed E-state index contributed by atoms with van der Waals surface area (Å²) in [4.78, 5) is 35.4. The molecule has 140 valence electrons. The maximum absolute atomic E-state index is 12.4. The van der Waals surface area contributed by atoms with Crippen molar-refractivity contribution in [2.75, 3.05) is 12.4 Å². The molecule has 0 aliphatic carbocycles. The fraction of sp³-hybridized carbons (Fsp3) is 0.190. The van der Waals surface area contributed by atoms with E-state index < -0.39 is 17.9 Å². The van der Waals surface area contributed by atoms with Crippen molar-refractivity contribution in [3.05, 3.63) is 71.8 Å². The Hall–Kier alpha value is -3.41. The molecule has 1 atom stereocenters. The van der Waals surface area contributed by atoms with Crippen molar-refractivity contribution in [3.8, 4) is 0 Å². The van der Waals surface area contributed by atoms with Gasteiger partial charge in [0.15, 0.2) is 0 Å². The summed E-state index contributed by atoms with van der Waals surface area (Å²) in [6, 6.07) is 15.3. The lowest BCUT2D eigenvalue weighted by Gasteiger charge is -2.15. The molecule has 6 heteroatoms. The second-order valence-electron chi connectivity index (χ2n) is 5.86. The van der Waals surface area contributed by atoms with E-state index in [1.807, 2.05) is 42.5 Å². The molecule has 0 unspecified atom stereocenters. The first-order chi connectivity index (χ1) is 13.0. The van der Waals surface area contributed by atoms with Gasteiger partial charge in [-0.15, -0.1) is 0 Å². The topological polar surface area (TPSA) is 84.5 Å². The zero-order valence-electron chi connectivity index (χ0n) is 15.3. The van der Waals surface area contributed by atoms with Gasteiger partial charge < -0.3 is 15.4 Å². The number of hydrogen-bond acceptors (Lipinski definition) is 4. The summed E-state index contributed by atoms with van der Waals surface area (Å²) in [7, 11) is 1.28. The number of anilines is 1. The lowest BCUT2D eigenvalue weighted by Crippen LogP contribution is -2.41. The Bertz CT molecular complexity index is 814. The van der Waals surface area contributed by atoms with Crippen LogP contribution in [-0.4, -0.2) is 30.9 Å². The molecule has 2 N–H and O–H groups in total. The summed E-state index contributed by atoms with van der Waals surface area (Å²) in [6.45, 7) is 1.41. The van der Waals surface area contributed by atoms with Crippen molar-refractivity contribution in [2.24, 2.45) is 0 Å². The smallest absolute Gasteiger partial charge is 0.328 e. The minimum absolute atomic E-state index is 0.192. The van der Waals surface area contributed by atoms with Crippen LogP contribution in [0, 0.1) is 0 Å². The highest BCUT2D eigenvalue weighted by Gasteiger charge is 2.20. The molecule has 0 heterocycles. The Morgan fingerprint density at radius 3 is 2.30 bits per heavy atom. The summed E-state index contributed by atoms with van der Waals surface area (Å²) >= 11 is 0. The number of carbonyl (C=O) groups is 3. The van der Waals surface area contributed by atoms with E-state index in [2.05, 4.69) is 10.6 Å². The maximum Gasteiger partial charge on any atom is 0.328 e. The van der Waals surface area contributed by atoms with Crippen LogP contribution in [0.5, 0.6) is 0 Å². The third kappa shape index (κ3) is 6.43. The van der Waals surface area contributed by atoms with E-state index in [0.717, 1.165) is 5.56 Å². The van der Waals surface area contributed by atoms with E-state index in [4.69, 9.17) is 4.74 Å². The molecule has 0 saturated carbocycles. The highest BCUT2D eigenvalue weighted by Crippen LogP contribution is 2.11. The minimum Gasteiger partial charge on any atom is -0.467 e. The lowest BCUT2D eigenvalue weighted by atomic mass is 10.1. The predicted molar refractivity (Wildman–Crippen MR) is 104 cm³/mol. The van der Waals surface area contributed by atoms with Crippen LogP contribution in [-0.2, 0) is 14.3 Å². The standard InChI is InChI=1S/C21H22N2O4/c1-15(24)22-18-13-11-17(12-14-18)20(25)23-19(21(26)27-2)10-6-9-16-7-4-3-5-8-16/h3-9,11-14,19H,10H2,1-2H3,(H,22,24)(H,23,25)/b9-6+/t19-/m0/s1. The van der Waals surface area contributed by atoms with Crippen molar-refractivity contribution in [1.82, 2.24) is 5.32 Å². The molecule has 0 spiro atoms. The molecule has 0 aliphatic heterocycles. The van der Waals surface area contributed by atoms with Crippen LogP contribution in [0.1, 0.15) is 29.3 Å². The number of methoxy groups -OCH3 is 1. The number of ether oxygens (including phenoxy) is 1. The fourth-order valence-electron chi connectivity index (χ4n) is 2.41. The number of esters is 1. The molecule has 27 heavy (non-hydrogen) atoms. The summed E-state index contributed by atoms with van der Waals surface area (Å²) in [5.41, 5.74) is 1.97. The number of carbonyl (C=O) groups excluding carboxylic acids is 3. The third-order valence-corrected chi connectivity index (χ3v) is 3.74. The largest absolute Gasteiger partial charge is 0.467 e. The van der Waals surface area contributed by atoms with Gasteiger partial charge in [-0.1, -0.05) is 42.5 Å². The first-order valence-electron chi connectivity index (χ1n) is 8.47. The quantitative estimate of drug-likeness (QED) is 0.738. The monoisotopic (exact) mass is 366 g/mol. The van der Waals surface area contributed by atoms with Crippen LogP contribution in [0.3, 0.4) is 0 Å². The van der Waals surface area contributed by atoms with Gasteiger partial charge in [0.05, 0.1) is 7.11 Å². The van der Waals surface area contributed by atoms with Gasteiger partial charge in [0.25, 0.3) is 5.91 Å². The average Bonchev–Trinajstić information content (AvgIpc) is 2.67. The van der Waals surface area contributed by atoms with E-state index >= 15 is 0 Å². The molecule has 0 saturated heterocycles. The summed E-state index contributed by atoms with van der Waals surface area (Å²) in [5, 5.41) is 5.31. The van der Waals surface area contributed by atoms with E-state index in [1.165, 1.54) is 14.0 Å². The molecule has 2 rings (SSSR count). The van der Waals surface area contributed by atoms with Gasteiger partial charge in [-0.25, -0.2) is 4.79 Å². The van der Waals surface area contributed by atoms with Crippen molar-refractivity contribution in [1.29, 1.82) is 0 Å². The Morgan fingerprint density at radius 2 is 1.70 bits per heavy atom. The van der Waals surface area contributed by atoms with E-state index in [0.29, 0.717) is 17.7 Å². The van der Waals surface area contributed by atoms with Crippen LogP contribution in [0.15, 0.2) is 60.7 Å². The fourth-order valence-corrected chi connectivity index (χ4v) is 2.41. The molecular weight excluding hydrogens is 344 g/mol. The minimum atomic E-state index is -0.794. The van der Waals surface area contributed by atoms with Gasteiger partial charge in [0.1, 0.15) is 6.04 Å². The Balaban J connectivity index is 2.02. The van der Waals surface area contributed by atoms with Crippen LogP contribution in [0.25, 0.3) is 6.08 Å². The van der Waals surface area contributed by atoms with Crippen molar-refractivity contribution >= 4 is 29.5 Å². The normalized spacial score (nSPS) is 11.6. The van der Waals surface area contributed by atoms with Crippen molar-refractivity contribution < 1.29 is 19.1 Å². The molecule has 0 aromatic heterocycles. The molecule has 2 aromatic rings. The Morgan fingerprint density at radius 1 is 1.04 bits per heavy atom. The van der Waals surface area contributed by atoms with Crippen LogP contribution < -0.4 is 10.6 Å². The third-order valence-electron chi connectivity index (χ3n) is 3.74. The van der Waals surface area contributed by atoms with Gasteiger partial charge in [0, 0.05) is 18.2 Å². The molecule has 0 aliphatic rings. The SMILES string of the molecule is COC(=O)[C@H](C/C=C/c1ccccc1)NC(=O)c1ccc(NC(C)=O)cc1. The molecule has 2 aromatic carbocycles. The number of rotatable bonds is 7. The van der Waals surface area contributed by atoms with Crippen molar-refractivity contribution in [2.45, 2.75) is 19.4 Å². The molecule has 0 bridgehead atoms. The van der Waals surface area contributed by atoms with E-state index in [9.17, 15) is 14.4 Å². The molecule has 0 fully saturated rings. The van der Waals surface area contributed by atoms with Crippen LogP contribution in [0.4, 0.5) is 5.69 Å². The first kappa shape index (κ1) is 19.9. The molecular formula is C21H22N2O4. The van der Waals surface area contributed by atoms with Gasteiger partial charge in [-0.3, -0.25) is 9.59 Å². The number of amides is 2. The van der Waals surface area contributed by atoms with E-state index in [-0.39, 0.29) is 5.91 Å². The second kappa shape index (κ2) is 9.91. The van der Waals surface area contributed by atoms with Crippen LogP contribution in [0.2, 0.25) is 0 Å². The van der Waals surface area contributed by atoms with Gasteiger partial charge >= 0.3 is 5.97 Å². The second-order valence-corrected chi connectivity index (χ2v) is 5.86. The molecule has 6 nitrogen and oxygen atoms in total. The van der Waals surface area contributed by atoms with E-state index in [1.54, 1.807) is 24.3 Å². The van der Waals surface area contributed by atoms with Crippen molar-refractivity contribution in [3.63, 3.8) is 0 Å². The highest BCUT2D eigenvalue weighted by molar-refractivity contribution is 5.97. The van der Waals surface area contributed by atoms with Gasteiger partial charge in [-0.05, 0) is 36.2 Å². The highest BCUT2D eigenvalue weighted by atomic mass is 16.5. The summed E-state index contributed by atoms with van der Waals surface area (Å²) in [5.74, 6) is -1.10. The Kier molecular flexibility index (Phi) is 7.31. The molecule has 2 amide bonds. The zero-order chi connectivity index (χ0) is 19.6. The Labute approximate surface area is 158 Å². The average molecular weight is 366 g/mol. The number of hydrogen-bond donors (Lipinski definition) is 2. The number of nitrogens with one attached hydrogen (secondary N) is 2. The van der Waals surface area contributed by atoms with Gasteiger partial charge in [0.2, 0.25) is 5.91 Å².